The van der Waals surface area contributed by atoms with E-state index in [1.54, 1.807) is 29.7 Å². The summed E-state index contributed by atoms with van der Waals surface area (Å²) in [6.45, 7) is 6.01. The van der Waals surface area contributed by atoms with Crippen LogP contribution in [0.2, 0.25) is 0 Å². The third kappa shape index (κ3) is 4.05. The van der Waals surface area contributed by atoms with Crippen LogP contribution < -0.4 is 10.9 Å². The number of carbonyl (C=O) groups is 1. The number of aryl methyl sites for hydroxylation is 4. The molecule has 5 nitrogen and oxygen atoms in total. The normalized spacial score (nSPS) is 11.0. The van der Waals surface area contributed by atoms with Gasteiger partial charge in [0.05, 0.1) is 11.0 Å². The number of aromatic nitrogens is 2. The summed E-state index contributed by atoms with van der Waals surface area (Å²) in [5, 5.41) is 2.70. The summed E-state index contributed by atoms with van der Waals surface area (Å²) >= 11 is 0. The van der Waals surface area contributed by atoms with E-state index in [0.29, 0.717) is 11.3 Å². The summed E-state index contributed by atoms with van der Waals surface area (Å²) in [6.07, 6.45) is 0.125. The summed E-state index contributed by atoms with van der Waals surface area (Å²) in [5.74, 6) is -0.591. The minimum atomic E-state index is -0.351. The number of hydrogen-bond acceptors (Lipinski definition) is 3. The van der Waals surface area contributed by atoms with E-state index in [9.17, 15) is 14.0 Å². The van der Waals surface area contributed by atoms with E-state index in [2.05, 4.69) is 10.3 Å². The highest BCUT2D eigenvalue weighted by Crippen LogP contribution is 2.17. The van der Waals surface area contributed by atoms with Crippen molar-refractivity contribution in [3.8, 4) is 0 Å². The molecule has 0 aliphatic carbocycles. The number of hydrogen-bond donors (Lipinski definition) is 1. The number of fused-ring (bicyclic) bond motifs is 1. The average molecular weight is 367 g/mol. The molecule has 0 fully saturated rings. The second-order valence-electron chi connectivity index (χ2n) is 6.70. The highest BCUT2D eigenvalue weighted by molar-refractivity contribution is 5.78. The smallest absolute Gasteiger partial charge is 0.272 e. The number of halogens is 1. The first kappa shape index (κ1) is 18.8. The third-order valence-electron chi connectivity index (χ3n) is 4.72. The van der Waals surface area contributed by atoms with Gasteiger partial charge in [-0.3, -0.25) is 9.59 Å². The van der Waals surface area contributed by atoms with Crippen LogP contribution in [0.1, 0.15) is 28.8 Å². The molecule has 140 valence electrons. The van der Waals surface area contributed by atoms with Gasteiger partial charge in [0.25, 0.3) is 5.56 Å². The van der Waals surface area contributed by atoms with Gasteiger partial charge in [0, 0.05) is 25.1 Å². The van der Waals surface area contributed by atoms with Gasteiger partial charge in [-0.1, -0.05) is 18.2 Å². The average Bonchev–Trinajstić information content (AvgIpc) is 2.63. The van der Waals surface area contributed by atoms with Gasteiger partial charge in [0.2, 0.25) is 5.91 Å². The molecule has 0 unspecified atom stereocenters. The van der Waals surface area contributed by atoms with E-state index in [1.165, 1.54) is 6.07 Å². The van der Waals surface area contributed by atoms with E-state index in [0.717, 1.165) is 22.2 Å². The van der Waals surface area contributed by atoms with E-state index >= 15 is 0 Å². The Morgan fingerprint density at radius 3 is 2.59 bits per heavy atom. The summed E-state index contributed by atoms with van der Waals surface area (Å²) in [6, 6.07) is 10.2. The predicted octanol–water partition coefficient (Wildman–Crippen LogP) is 3.17. The number of nitrogens with zero attached hydrogens (tertiary/aromatic N) is 2. The molecule has 1 aromatic heterocycles. The lowest BCUT2D eigenvalue weighted by molar-refractivity contribution is -0.121. The zero-order valence-corrected chi connectivity index (χ0v) is 15.7. The molecule has 0 saturated heterocycles. The van der Waals surface area contributed by atoms with Crippen LogP contribution in [0, 0.1) is 26.6 Å². The number of rotatable bonds is 5. The molecule has 0 atom stereocenters. The van der Waals surface area contributed by atoms with Crippen LogP contribution in [0.15, 0.2) is 41.2 Å². The lowest BCUT2D eigenvalue weighted by Gasteiger charge is -2.13. The molecule has 0 aliphatic rings. The van der Waals surface area contributed by atoms with Gasteiger partial charge in [-0.05, 0) is 50.1 Å². The van der Waals surface area contributed by atoms with Gasteiger partial charge in [0.1, 0.15) is 11.5 Å². The zero-order valence-electron chi connectivity index (χ0n) is 15.7. The zero-order chi connectivity index (χ0) is 19.6. The molecular formula is C21H22FN3O2. The maximum Gasteiger partial charge on any atom is 0.272 e. The molecule has 6 heteroatoms. The van der Waals surface area contributed by atoms with Crippen molar-refractivity contribution in [3.05, 3.63) is 75.0 Å². The van der Waals surface area contributed by atoms with Crippen LogP contribution in [-0.2, 0) is 17.9 Å². The number of amides is 1. The largest absolute Gasteiger partial charge is 0.352 e. The summed E-state index contributed by atoms with van der Waals surface area (Å²) in [5.41, 5.74) is 4.25. The number of benzene rings is 2. The first-order chi connectivity index (χ1) is 12.9. The minimum absolute atomic E-state index is 0.120. The van der Waals surface area contributed by atoms with Gasteiger partial charge in [-0.2, -0.15) is 0 Å². The van der Waals surface area contributed by atoms with E-state index in [-0.39, 0.29) is 36.8 Å². The van der Waals surface area contributed by atoms with Crippen LogP contribution in [0.25, 0.3) is 11.0 Å². The minimum Gasteiger partial charge on any atom is -0.352 e. The van der Waals surface area contributed by atoms with Gasteiger partial charge >= 0.3 is 0 Å². The second kappa shape index (κ2) is 7.70. The number of nitrogens with one attached hydrogen (secondary N) is 1. The van der Waals surface area contributed by atoms with Crippen LogP contribution in [-0.4, -0.2) is 15.5 Å². The first-order valence-corrected chi connectivity index (χ1v) is 8.85. The fraction of sp³-hybridized carbons (Fsp3) is 0.286. The van der Waals surface area contributed by atoms with Crippen LogP contribution in [0.4, 0.5) is 4.39 Å². The Morgan fingerprint density at radius 1 is 1.15 bits per heavy atom. The summed E-state index contributed by atoms with van der Waals surface area (Å²) in [7, 11) is 0. The van der Waals surface area contributed by atoms with Crippen molar-refractivity contribution in [2.45, 2.75) is 40.3 Å². The maximum atomic E-state index is 13.6. The Morgan fingerprint density at radius 2 is 1.85 bits per heavy atom. The van der Waals surface area contributed by atoms with E-state index in [1.807, 2.05) is 26.0 Å². The Kier molecular flexibility index (Phi) is 5.35. The molecule has 27 heavy (non-hydrogen) atoms. The molecular weight excluding hydrogens is 345 g/mol. The highest BCUT2D eigenvalue weighted by Gasteiger charge is 2.12. The van der Waals surface area contributed by atoms with Crippen molar-refractivity contribution in [2.75, 3.05) is 0 Å². The van der Waals surface area contributed by atoms with Crippen molar-refractivity contribution in [2.24, 2.45) is 0 Å². The van der Waals surface area contributed by atoms with Crippen molar-refractivity contribution < 1.29 is 9.18 Å². The maximum absolute atomic E-state index is 13.6. The molecule has 1 heterocycles. The van der Waals surface area contributed by atoms with Gasteiger partial charge < -0.3 is 9.88 Å². The molecule has 1 N–H and O–H groups in total. The quantitative estimate of drug-likeness (QED) is 0.753. The monoisotopic (exact) mass is 367 g/mol. The Hall–Kier alpha value is -3.02. The standard InChI is InChI=1S/C21H22FN3O2/c1-13-10-18-19(11-14(13)2)25(21(27)15(3)24-18)9-8-20(26)23-12-16-6-4-5-7-17(16)22/h4-7,10-11H,8-9,12H2,1-3H3,(H,23,26). The SMILES string of the molecule is Cc1cc2nc(C)c(=O)n(CCC(=O)NCc3ccccc3F)c2cc1C. The van der Waals surface area contributed by atoms with E-state index in [4.69, 9.17) is 0 Å². The topological polar surface area (TPSA) is 64.0 Å². The Labute approximate surface area is 156 Å². The fourth-order valence-electron chi connectivity index (χ4n) is 2.98. The molecule has 0 spiro atoms. The van der Waals surface area contributed by atoms with E-state index < -0.39 is 0 Å². The summed E-state index contributed by atoms with van der Waals surface area (Å²) < 4.78 is 15.2. The third-order valence-corrected chi connectivity index (χ3v) is 4.72. The van der Waals surface area contributed by atoms with Gasteiger partial charge in [-0.25, -0.2) is 9.37 Å². The van der Waals surface area contributed by atoms with Crippen LogP contribution in [0.3, 0.4) is 0 Å². The number of carbonyl (C=O) groups excluding carboxylic acids is 1. The Balaban J connectivity index is 1.77. The Bertz CT molecular complexity index is 1070. The first-order valence-electron chi connectivity index (χ1n) is 8.85. The molecule has 1 amide bonds. The molecule has 3 rings (SSSR count). The van der Waals surface area contributed by atoms with Crippen molar-refractivity contribution in [1.29, 1.82) is 0 Å². The van der Waals surface area contributed by atoms with Crippen LogP contribution >= 0.6 is 0 Å². The second-order valence-corrected chi connectivity index (χ2v) is 6.70. The van der Waals surface area contributed by atoms with Crippen molar-refractivity contribution >= 4 is 16.9 Å². The van der Waals surface area contributed by atoms with Crippen LogP contribution in [0.5, 0.6) is 0 Å². The molecule has 0 aliphatic heterocycles. The predicted molar refractivity (Wildman–Crippen MR) is 103 cm³/mol. The summed E-state index contributed by atoms with van der Waals surface area (Å²) in [4.78, 5) is 29.1. The van der Waals surface area contributed by atoms with Crippen molar-refractivity contribution in [1.82, 2.24) is 14.9 Å². The lowest BCUT2D eigenvalue weighted by atomic mass is 10.1. The van der Waals surface area contributed by atoms with Gasteiger partial charge in [0.15, 0.2) is 0 Å². The molecule has 3 aromatic rings. The molecule has 0 saturated carbocycles. The molecule has 0 radical (unpaired) electrons. The fourth-order valence-corrected chi connectivity index (χ4v) is 2.98. The molecule has 0 bridgehead atoms. The lowest BCUT2D eigenvalue weighted by Crippen LogP contribution is -2.29. The van der Waals surface area contributed by atoms with Gasteiger partial charge in [-0.15, -0.1) is 0 Å². The highest BCUT2D eigenvalue weighted by atomic mass is 19.1. The van der Waals surface area contributed by atoms with Crippen molar-refractivity contribution in [3.63, 3.8) is 0 Å². The molecule has 2 aromatic carbocycles.